The molecule has 0 radical (unpaired) electrons. The van der Waals surface area contributed by atoms with Crippen molar-refractivity contribution in [2.45, 2.75) is 96.0 Å². The van der Waals surface area contributed by atoms with E-state index in [9.17, 15) is 24.0 Å². The van der Waals surface area contributed by atoms with Crippen LogP contribution in [0.1, 0.15) is 75.0 Å². The van der Waals surface area contributed by atoms with Gasteiger partial charge in [-0.1, -0.05) is 87.9 Å². The van der Waals surface area contributed by atoms with Gasteiger partial charge in [0.25, 0.3) is 5.91 Å². The summed E-state index contributed by atoms with van der Waals surface area (Å²) in [6.07, 6.45) is 6.30. The smallest absolute Gasteiger partial charge is 0.272 e. The SMILES string of the molecule is CCCC(NC(=O)C(CCc1ccccc1)NC(=O)c1cnccn1)C(=O)NC(Cc1ccccc1)C(=O)NC(CC(C)C)C(=O)C1(C)CO1. The fraction of sp³-hybridized carbons (Fsp3) is 0.447. The number of amides is 4. The van der Waals surface area contributed by atoms with Crippen LogP contribution >= 0.6 is 0 Å². The molecule has 1 fully saturated rings. The zero-order valence-electron chi connectivity index (χ0n) is 29.2. The predicted molar refractivity (Wildman–Crippen MR) is 188 cm³/mol. The highest BCUT2D eigenvalue weighted by Gasteiger charge is 2.50. The Morgan fingerprint density at radius 3 is 1.88 bits per heavy atom. The van der Waals surface area contributed by atoms with Crippen LogP contribution in [0, 0.1) is 5.92 Å². The van der Waals surface area contributed by atoms with E-state index in [1.165, 1.54) is 18.6 Å². The van der Waals surface area contributed by atoms with E-state index in [1.807, 2.05) is 81.4 Å². The summed E-state index contributed by atoms with van der Waals surface area (Å²) in [5, 5.41) is 11.3. The zero-order chi connectivity index (χ0) is 36.1. The van der Waals surface area contributed by atoms with Crippen molar-refractivity contribution in [2.24, 2.45) is 5.92 Å². The average molecular weight is 685 g/mol. The molecule has 5 atom stereocenters. The summed E-state index contributed by atoms with van der Waals surface area (Å²) < 4.78 is 5.39. The number of ketones is 1. The van der Waals surface area contributed by atoms with Crippen molar-refractivity contribution >= 4 is 29.4 Å². The van der Waals surface area contributed by atoms with Gasteiger partial charge in [0, 0.05) is 18.8 Å². The third-order valence-electron chi connectivity index (χ3n) is 8.55. The van der Waals surface area contributed by atoms with Gasteiger partial charge in [0.15, 0.2) is 5.78 Å². The van der Waals surface area contributed by atoms with E-state index in [2.05, 4.69) is 31.2 Å². The Kier molecular flexibility index (Phi) is 13.7. The topological polar surface area (TPSA) is 172 Å². The third-order valence-corrected chi connectivity index (χ3v) is 8.55. The van der Waals surface area contributed by atoms with E-state index in [1.54, 1.807) is 6.92 Å². The molecular weight excluding hydrogens is 636 g/mol. The van der Waals surface area contributed by atoms with Gasteiger partial charge in [-0.3, -0.25) is 29.0 Å². The van der Waals surface area contributed by atoms with Crippen LogP contribution in [0.5, 0.6) is 0 Å². The van der Waals surface area contributed by atoms with Crippen LogP contribution < -0.4 is 21.3 Å². The highest BCUT2D eigenvalue weighted by Crippen LogP contribution is 2.29. The largest absolute Gasteiger partial charge is 0.361 e. The van der Waals surface area contributed by atoms with Crippen LogP contribution in [0.3, 0.4) is 0 Å². The van der Waals surface area contributed by atoms with E-state index in [-0.39, 0.29) is 36.7 Å². The molecule has 12 nitrogen and oxygen atoms in total. The number of carbonyl (C=O) groups excluding carboxylic acids is 5. The molecule has 2 aromatic carbocycles. The Balaban J connectivity index is 1.52. The van der Waals surface area contributed by atoms with E-state index in [4.69, 9.17) is 4.74 Å². The molecule has 0 aliphatic carbocycles. The van der Waals surface area contributed by atoms with Crippen LogP contribution in [0.2, 0.25) is 0 Å². The summed E-state index contributed by atoms with van der Waals surface area (Å²) >= 11 is 0. The molecule has 50 heavy (non-hydrogen) atoms. The summed E-state index contributed by atoms with van der Waals surface area (Å²) in [4.78, 5) is 75.8. The van der Waals surface area contributed by atoms with E-state index in [0.717, 1.165) is 11.1 Å². The number of nitrogens with zero attached hydrogens (tertiary/aromatic N) is 2. The summed E-state index contributed by atoms with van der Waals surface area (Å²) in [6, 6.07) is 15.0. The third kappa shape index (κ3) is 11.3. The maximum atomic E-state index is 13.9. The summed E-state index contributed by atoms with van der Waals surface area (Å²) in [5.41, 5.74) is 0.911. The molecular formula is C38H48N6O6. The molecule has 4 N–H and O–H groups in total. The van der Waals surface area contributed by atoms with Crippen LogP contribution in [0.25, 0.3) is 0 Å². The van der Waals surface area contributed by atoms with Crippen LogP contribution in [0.4, 0.5) is 0 Å². The number of ether oxygens (including phenoxy) is 1. The minimum Gasteiger partial charge on any atom is -0.361 e. The highest BCUT2D eigenvalue weighted by molar-refractivity contribution is 5.99. The molecule has 1 aliphatic rings. The van der Waals surface area contributed by atoms with E-state index < -0.39 is 53.4 Å². The number of rotatable bonds is 19. The maximum Gasteiger partial charge on any atom is 0.272 e. The second-order valence-electron chi connectivity index (χ2n) is 13.3. The second kappa shape index (κ2) is 18.1. The molecule has 3 aromatic rings. The fourth-order valence-corrected chi connectivity index (χ4v) is 5.63. The zero-order valence-corrected chi connectivity index (χ0v) is 29.2. The van der Waals surface area contributed by atoms with Crippen molar-refractivity contribution in [3.05, 3.63) is 96.1 Å². The quantitative estimate of drug-likeness (QED) is 0.140. The van der Waals surface area contributed by atoms with Gasteiger partial charge in [-0.15, -0.1) is 0 Å². The molecule has 1 aliphatic heterocycles. The maximum absolute atomic E-state index is 13.9. The number of hydrogen-bond donors (Lipinski definition) is 4. The lowest BCUT2D eigenvalue weighted by Gasteiger charge is -2.27. The molecule has 4 amide bonds. The van der Waals surface area contributed by atoms with Crippen LogP contribution in [-0.4, -0.2) is 75.8 Å². The van der Waals surface area contributed by atoms with Gasteiger partial charge in [0.2, 0.25) is 17.7 Å². The fourth-order valence-electron chi connectivity index (χ4n) is 5.63. The number of aromatic nitrogens is 2. The van der Waals surface area contributed by atoms with Gasteiger partial charge in [-0.25, -0.2) is 4.98 Å². The summed E-state index contributed by atoms with van der Waals surface area (Å²) in [6.45, 7) is 7.81. The normalized spacial score (nSPS) is 17.5. The van der Waals surface area contributed by atoms with Crippen molar-refractivity contribution in [3.8, 4) is 0 Å². The van der Waals surface area contributed by atoms with Gasteiger partial charge in [0.1, 0.15) is 29.4 Å². The second-order valence-corrected chi connectivity index (χ2v) is 13.3. The van der Waals surface area contributed by atoms with Gasteiger partial charge in [0.05, 0.1) is 18.8 Å². The lowest BCUT2D eigenvalue weighted by Crippen LogP contribution is -2.58. The van der Waals surface area contributed by atoms with Crippen molar-refractivity contribution in [1.29, 1.82) is 0 Å². The Hall–Kier alpha value is -4.97. The average Bonchev–Trinajstić information content (AvgIpc) is 3.87. The monoisotopic (exact) mass is 684 g/mol. The van der Waals surface area contributed by atoms with Gasteiger partial charge < -0.3 is 26.0 Å². The molecule has 1 aromatic heterocycles. The van der Waals surface area contributed by atoms with Crippen molar-refractivity contribution in [1.82, 2.24) is 31.2 Å². The number of nitrogens with one attached hydrogen (secondary N) is 4. The van der Waals surface area contributed by atoms with Crippen molar-refractivity contribution in [2.75, 3.05) is 6.61 Å². The molecule has 5 unspecified atom stereocenters. The molecule has 0 spiro atoms. The molecule has 12 heteroatoms. The summed E-state index contributed by atoms with van der Waals surface area (Å²) in [5.74, 6) is -2.27. The minimum atomic E-state index is -1.04. The standard InChI is InChI=1S/C38H48N6O6/c1-5-12-28(41-35(47)29(18-17-26-13-8-6-9-14-26)42-37(49)32-23-39-19-20-40-32)34(46)44-31(22-27-15-10-7-11-16-27)36(48)43-30(21-25(2)3)33(45)38(4)24-50-38/h6-11,13-16,19-20,23,25,28-31H,5,12,17-18,21-22,24H2,1-4H3,(H,41,47)(H,42,49)(H,43,48)(H,44,46). The lowest BCUT2D eigenvalue weighted by molar-refractivity contribution is -0.134. The summed E-state index contributed by atoms with van der Waals surface area (Å²) in [7, 11) is 0. The first kappa shape index (κ1) is 37.8. The Bertz CT molecular complexity index is 1580. The number of benzene rings is 2. The Morgan fingerprint density at radius 1 is 0.760 bits per heavy atom. The first-order chi connectivity index (χ1) is 24.0. The van der Waals surface area contributed by atoms with Crippen molar-refractivity contribution in [3.63, 3.8) is 0 Å². The van der Waals surface area contributed by atoms with E-state index >= 15 is 0 Å². The number of epoxide rings is 1. The molecule has 0 saturated carbocycles. The highest BCUT2D eigenvalue weighted by atomic mass is 16.6. The lowest BCUT2D eigenvalue weighted by atomic mass is 9.93. The number of Topliss-reactive ketones (excluding diaryl/α,β-unsaturated/α-hetero) is 1. The minimum absolute atomic E-state index is 0.0547. The van der Waals surface area contributed by atoms with Crippen LogP contribution in [0.15, 0.2) is 79.3 Å². The first-order valence-corrected chi connectivity index (χ1v) is 17.2. The number of carbonyl (C=O) groups is 5. The van der Waals surface area contributed by atoms with Gasteiger partial charge in [-0.2, -0.15) is 0 Å². The first-order valence-electron chi connectivity index (χ1n) is 17.2. The Labute approximate surface area is 293 Å². The van der Waals surface area contributed by atoms with Crippen LogP contribution in [-0.2, 0) is 36.8 Å². The number of hydrogen-bond acceptors (Lipinski definition) is 8. The van der Waals surface area contributed by atoms with Gasteiger partial charge >= 0.3 is 0 Å². The molecule has 2 heterocycles. The molecule has 0 bridgehead atoms. The predicted octanol–water partition coefficient (Wildman–Crippen LogP) is 3.11. The Morgan fingerprint density at radius 2 is 1.32 bits per heavy atom. The molecule has 266 valence electrons. The van der Waals surface area contributed by atoms with Crippen molar-refractivity contribution < 1.29 is 28.7 Å². The van der Waals surface area contributed by atoms with E-state index in [0.29, 0.717) is 25.9 Å². The molecule has 4 rings (SSSR count). The molecule has 1 saturated heterocycles. The number of aryl methyl sites for hydroxylation is 1. The van der Waals surface area contributed by atoms with Gasteiger partial charge in [-0.05, 0) is 49.7 Å².